The molecule has 192 valence electrons. The number of ether oxygens (including phenoxy) is 2. The highest BCUT2D eigenvalue weighted by atomic mass is 32.1. The third-order valence-electron chi connectivity index (χ3n) is 6.87. The fourth-order valence-corrected chi connectivity index (χ4v) is 5.76. The van der Waals surface area contributed by atoms with E-state index in [2.05, 4.69) is 34.4 Å². The summed E-state index contributed by atoms with van der Waals surface area (Å²) in [5.41, 5.74) is 4.08. The van der Waals surface area contributed by atoms with Crippen LogP contribution in [0.1, 0.15) is 49.1 Å². The zero-order valence-electron chi connectivity index (χ0n) is 20.5. The van der Waals surface area contributed by atoms with Crippen LogP contribution in [0.25, 0.3) is 11.3 Å². The fraction of sp³-hybridized carbons (Fsp3) is 0.250. The van der Waals surface area contributed by atoms with Crippen molar-refractivity contribution in [1.82, 2.24) is 9.66 Å². The van der Waals surface area contributed by atoms with Gasteiger partial charge in [-0.15, -0.1) is 11.3 Å². The highest BCUT2D eigenvalue weighted by Gasteiger charge is 2.23. The molecule has 0 saturated heterocycles. The van der Waals surface area contributed by atoms with E-state index in [4.69, 9.17) is 14.5 Å². The van der Waals surface area contributed by atoms with Crippen LogP contribution in [0, 0.1) is 10.1 Å². The van der Waals surface area contributed by atoms with Crippen molar-refractivity contribution in [1.29, 1.82) is 0 Å². The molecule has 9 nitrogen and oxygen atoms in total. The topological polar surface area (TPSA) is 104 Å². The van der Waals surface area contributed by atoms with Crippen LogP contribution in [-0.2, 0) is 0 Å². The Hall–Kier alpha value is -4.31. The third kappa shape index (κ3) is 4.95. The van der Waals surface area contributed by atoms with Gasteiger partial charge in [0.2, 0.25) is 11.6 Å². The fourth-order valence-electron chi connectivity index (χ4n) is 4.91. The van der Waals surface area contributed by atoms with Gasteiger partial charge in [0.1, 0.15) is 0 Å². The molecule has 0 unspecified atom stereocenters. The van der Waals surface area contributed by atoms with Gasteiger partial charge in [-0.2, -0.15) is 5.10 Å². The van der Waals surface area contributed by atoms with Crippen molar-refractivity contribution in [3.63, 3.8) is 0 Å². The Balaban J connectivity index is 1.42. The molecule has 38 heavy (non-hydrogen) atoms. The highest BCUT2D eigenvalue weighted by Crippen LogP contribution is 2.37. The minimum Gasteiger partial charge on any atom is -0.454 e. The van der Waals surface area contributed by atoms with Crippen molar-refractivity contribution in [2.24, 2.45) is 10.1 Å². The molecule has 4 aromatic rings. The van der Waals surface area contributed by atoms with Crippen LogP contribution in [0.4, 0.5) is 11.4 Å². The lowest BCUT2D eigenvalue weighted by molar-refractivity contribution is -0.385. The number of aromatic nitrogens is 2. The number of hydrogen-bond donors (Lipinski definition) is 0. The summed E-state index contributed by atoms with van der Waals surface area (Å²) in [4.78, 5) is 20.8. The Kier molecular flexibility index (Phi) is 6.70. The van der Waals surface area contributed by atoms with Gasteiger partial charge in [-0.3, -0.25) is 15.1 Å². The predicted octanol–water partition coefficient (Wildman–Crippen LogP) is 6.41. The first-order valence-electron chi connectivity index (χ1n) is 12.5. The molecule has 1 aliphatic carbocycles. The summed E-state index contributed by atoms with van der Waals surface area (Å²) < 4.78 is 12.5. The largest absolute Gasteiger partial charge is 0.454 e. The Labute approximate surface area is 222 Å². The van der Waals surface area contributed by atoms with Crippen LogP contribution in [0.3, 0.4) is 0 Å². The van der Waals surface area contributed by atoms with E-state index in [9.17, 15) is 10.1 Å². The smallest absolute Gasteiger partial charge is 0.282 e. The maximum atomic E-state index is 11.8. The standard InChI is InChI=1S/C28H25N5O4S/c34-33(35)24-14-27-26(36-18-37-27)13-22(24)15-30-32-25(17-38-28(32)31-23-7-4-12-29-16-23)21-10-8-20(9-11-21)19-5-2-1-3-6-19/h4,7-17,19H,1-3,5-6,18H2. The quantitative estimate of drug-likeness (QED) is 0.164. The van der Waals surface area contributed by atoms with E-state index in [1.54, 1.807) is 23.1 Å². The molecule has 3 heterocycles. The van der Waals surface area contributed by atoms with Crippen LogP contribution in [0.2, 0.25) is 0 Å². The molecule has 0 spiro atoms. The molecular weight excluding hydrogens is 502 g/mol. The van der Waals surface area contributed by atoms with Crippen LogP contribution in [-0.4, -0.2) is 27.6 Å². The van der Waals surface area contributed by atoms with E-state index in [0.29, 0.717) is 33.5 Å². The number of thiazole rings is 1. The highest BCUT2D eigenvalue weighted by molar-refractivity contribution is 7.07. The van der Waals surface area contributed by atoms with E-state index in [0.717, 1.165) is 11.3 Å². The van der Waals surface area contributed by atoms with Gasteiger partial charge in [0.15, 0.2) is 11.5 Å². The van der Waals surface area contributed by atoms with Gasteiger partial charge in [-0.1, -0.05) is 43.5 Å². The predicted molar refractivity (Wildman–Crippen MR) is 145 cm³/mol. The van der Waals surface area contributed by atoms with Crippen molar-refractivity contribution in [2.45, 2.75) is 38.0 Å². The van der Waals surface area contributed by atoms with Crippen molar-refractivity contribution in [3.8, 4) is 22.8 Å². The Bertz CT molecular complexity index is 1550. The molecule has 1 saturated carbocycles. The number of nitro benzene ring substituents is 1. The average Bonchev–Trinajstić information content (AvgIpc) is 3.59. The molecule has 2 aromatic carbocycles. The van der Waals surface area contributed by atoms with Gasteiger partial charge in [0.25, 0.3) is 5.69 Å². The van der Waals surface area contributed by atoms with Crippen LogP contribution in [0.15, 0.2) is 76.4 Å². The van der Waals surface area contributed by atoms with Crippen molar-refractivity contribution in [2.75, 3.05) is 6.79 Å². The summed E-state index contributed by atoms with van der Waals surface area (Å²) in [6, 6.07) is 15.3. The lowest BCUT2D eigenvalue weighted by atomic mass is 9.84. The van der Waals surface area contributed by atoms with Crippen LogP contribution in [0.5, 0.6) is 11.5 Å². The van der Waals surface area contributed by atoms with E-state index >= 15 is 0 Å². The third-order valence-corrected chi connectivity index (χ3v) is 7.69. The minimum absolute atomic E-state index is 0.0293. The number of rotatable bonds is 6. The van der Waals surface area contributed by atoms with Crippen LogP contribution >= 0.6 is 11.3 Å². The van der Waals surface area contributed by atoms with Gasteiger partial charge in [-0.05, 0) is 42.5 Å². The summed E-state index contributed by atoms with van der Waals surface area (Å²) in [7, 11) is 0. The van der Waals surface area contributed by atoms with Gasteiger partial charge in [0.05, 0.1) is 40.3 Å². The normalized spacial score (nSPS) is 15.8. The second-order valence-corrected chi connectivity index (χ2v) is 10.1. The first-order valence-corrected chi connectivity index (χ1v) is 13.4. The zero-order valence-corrected chi connectivity index (χ0v) is 21.3. The van der Waals surface area contributed by atoms with Crippen molar-refractivity contribution in [3.05, 3.63) is 92.3 Å². The molecular formula is C28H25N5O4S. The van der Waals surface area contributed by atoms with Crippen LogP contribution < -0.4 is 14.3 Å². The molecule has 0 bridgehead atoms. The van der Waals surface area contributed by atoms with Crippen molar-refractivity contribution >= 4 is 28.9 Å². The Morgan fingerprint density at radius 3 is 2.61 bits per heavy atom. The summed E-state index contributed by atoms with van der Waals surface area (Å²) in [5, 5.41) is 18.4. The first-order chi connectivity index (χ1) is 18.7. The van der Waals surface area contributed by atoms with Gasteiger partial charge in [-0.25, -0.2) is 9.67 Å². The number of nitro groups is 1. The summed E-state index contributed by atoms with van der Waals surface area (Å²) in [5.74, 6) is 1.42. The van der Waals surface area contributed by atoms with Gasteiger partial charge < -0.3 is 9.47 Å². The summed E-state index contributed by atoms with van der Waals surface area (Å²) in [6.45, 7) is 0.0293. The second kappa shape index (κ2) is 10.6. The summed E-state index contributed by atoms with van der Waals surface area (Å²) >= 11 is 1.44. The molecule has 2 aliphatic rings. The lowest BCUT2D eigenvalue weighted by Gasteiger charge is -2.22. The van der Waals surface area contributed by atoms with Gasteiger partial charge >= 0.3 is 0 Å². The molecule has 2 aromatic heterocycles. The molecule has 0 atom stereocenters. The molecule has 0 radical (unpaired) electrons. The van der Waals surface area contributed by atoms with Gasteiger partial charge in [0, 0.05) is 17.1 Å². The monoisotopic (exact) mass is 527 g/mol. The van der Waals surface area contributed by atoms with E-state index in [-0.39, 0.29) is 12.5 Å². The number of fused-ring (bicyclic) bond motifs is 1. The summed E-state index contributed by atoms with van der Waals surface area (Å²) in [6.07, 6.45) is 11.2. The molecule has 0 amide bonds. The second-order valence-electron chi connectivity index (χ2n) is 9.26. The zero-order chi connectivity index (χ0) is 25.9. The minimum atomic E-state index is -0.451. The Morgan fingerprint density at radius 2 is 1.87 bits per heavy atom. The van der Waals surface area contributed by atoms with E-state index < -0.39 is 4.92 Å². The number of hydrogen-bond acceptors (Lipinski definition) is 8. The first kappa shape index (κ1) is 24.1. The van der Waals surface area contributed by atoms with E-state index in [1.807, 2.05) is 17.5 Å². The molecule has 1 aliphatic heterocycles. The molecule has 10 heteroatoms. The molecule has 1 fully saturated rings. The molecule has 6 rings (SSSR count). The molecule has 0 N–H and O–H groups in total. The maximum Gasteiger partial charge on any atom is 0.282 e. The number of pyridine rings is 1. The average molecular weight is 528 g/mol. The Morgan fingerprint density at radius 1 is 1.08 bits per heavy atom. The number of nitrogens with zero attached hydrogens (tertiary/aromatic N) is 5. The van der Waals surface area contributed by atoms with Crippen molar-refractivity contribution < 1.29 is 14.4 Å². The lowest BCUT2D eigenvalue weighted by Crippen LogP contribution is -2.12. The SMILES string of the molecule is O=[N+]([O-])c1cc2c(cc1C=Nn1c(-c3ccc(C4CCCCC4)cc3)csc1=Nc1cccnc1)OCO2. The van der Waals surface area contributed by atoms with E-state index in [1.165, 1.54) is 61.3 Å². The number of benzene rings is 2. The maximum absolute atomic E-state index is 11.8.